The third-order valence-corrected chi connectivity index (χ3v) is 7.24. The van der Waals surface area contributed by atoms with Crippen LogP contribution >= 0.6 is 0 Å². The molecule has 0 bridgehead atoms. The summed E-state index contributed by atoms with van der Waals surface area (Å²) < 4.78 is 0. The van der Waals surface area contributed by atoms with E-state index in [9.17, 15) is 0 Å². The smallest absolute Gasteiger partial charge is 0.0163 e. The van der Waals surface area contributed by atoms with Crippen LogP contribution in [0.15, 0.2) is 128 Å². The van der Waals surface area contributed by atoms with Crippen molar-refractivity contribution in [2.75, 3.05) is 0 Å². The maximum atomic E-state index is 4.40. The molecular weight excluding hydrogens is 800 g/mol. The molecule has 0 atom stereocenters. The number of aromatic nitrogens is 2. The van der Waals surface area contributed by atoms with Gasteiger partial charge in [-0.1, -0.05) is 85.8 Å². The van der Waals surface area contributed by atoms with E-state index >= 15 is 0 Å². The maximum Gasteiger partial charge on any atom is 0.0163 e. The zero-order valence-corrected chi connectivity index (χ0v) is 30.7. The van der Waals surface area contributed by atoms with Crippen molar-refractivity contribution in [2.24, 2.45) is 0 Å². The molecule has 0 aliphatic heterocycles. The molecule has 0 aliphatic rings. The van der Waals surface area contributed by atoms with Gasteiger partial charge in [0.2, 0.25) is 0 Å². The number of pyridine rings is 2. The van der Waals surface area contributed by atoms with Crippen molar-refractivity contribution in [3.63, 3.8) is 0 Å². The molecule has 0 saturated carbocycles. The second-order valence-electron chi connectivity index (χ2n) is 11.2. The Morgan fingerprint density at radius 3 is 2.09 bits per heavy atom. The summed E-state index contributed by atoms with van der Waals surface area (Å²) in [6, 6.07) is 52.3. The Morgan fingerprint density at radius 1 is 0.578 bits per heavy atom. The molecule has 7 aromatic rings. The van der Waals surface area contributed by atoms with Gasteiger partial charge in [-0.25, -0.2) is 6.07 Å². The van der Waals surface area contributed by atoms with Crippen LogP contribution in [0, 0.1) is 24.3 Å². The summed E-state index contributed by atoms with van der Waals surface area (Å²) in [7, 11) is 0. The summed E-state index contributed by atoms with van der Waals surface area (Å²) >= 11 is 0. The molecule has 5 aromatic carbocycles. The van der Waals surface area contributed by atoms with E-state index in [2.05, 4.69) is 116 Å². The number of hydrogen-bond donors (Lipinski definition) is 0. The van der Waals surface area contributed by atoms with Crippen LogP contribution in [0.3, 0.4) is 0 Å². The third kappa shape index (κ3) is 8.72. The SMILES string of the molecule is CC(C)(C)c1ccnc(-c2[c-]cccc2)c1.[B].[Ir].[Y].[c-]1ccc(-c2[c-]cc3c(ccc4ccccc43)c2)[c-]c1-c1ccccn1. The molecule has 2 aromatic heterocycles. The van der Waals surface area contributed by atoms with Crippen LogP contribution in [-0.2, 0) is 58.2 Å². The normalized spacial score (nSPS) is 10.5. The van der Waals surface area contributed by atoms with Gasteiger partial charge in [-0.3, -0.25) is 23.3 Å². The molecule has 219 valence electrons. The Kier molecular flexibility index (Phi) is 13.2. The Bertz CT molecular complexity index is 1970. The summed E-state index contributed by atoms with van der Waals surface area (Å²) in [5, 5.41) is 4.93. The summed E-state index contributed by atoms with van der Waals surface area (Å²) in [6.45, 7) is 6.63. The monoisotopic (exact) mass is 831 g/mol. The molecular formula is C40H30BIrN2Y-4. The van der Waals surface area contributed by atoms with Crippen LogP contribution in [0.2, 0.25) is 0 Å². The average molecular weight is 831 g/mol. The quantitative estimate of drug-likeness (QED) is 0.101. The summed E-state index contributed by atoms with van der Waals surface area (Å²) in [5.41, 5.74) is 7.28. The number of benzene rings is 5. The largest absolute Gasteiger partial charge is 0.352 e. The van der Waals surface area contributed by atoms with Crippen molar-refractivity contribution in [1.82, 2.24) is 9.97 Å². The van der Waals surface area contributed by atoms with Crippen molar-refractivity contribution in [2.45, 2.75) is 26.2 Å². The van der Waals surface area contributed by atoms with E-state index in [-0.39, 0.29) is 66.6 Å². The van der Waals surface area contributed by atoms with Gasteiger partial charge in [0.15, 0.2) is 0 Å². The fraction of sp³-hybridized carbons (Fsp3) is 0.100. The van der Waals surface area contributed by atoms with Crippen LogP contribution in [0.1, 0.15) is 26.3 Å². The molecule has 0 N–H and O–H groups in total. The Labute approximate surface area is 307 Å². The second kappa shape index (κ2) is 16.3. The molecule has 2 heterocycles. The average Bonchev–Trinajstić information content (AvgIpc) is 3.05. The van der Waals surface area contributed by atoms with Crippen molar-refractivity contribution in [3.05, 3.63) is 157 Å². The van der Waals surface area contributed by atoms with Gasteiger partial charge in [-0.2, -0.15) is 5.56 Å². The standard InChI is InChI=1S/C25H14N.C15H16N.B.Ir.Y/c1-2-9-23-18(6-1)11-12-21-16-20(13-14-24(21)23)19-7-5-8-22(17-19)25-10-3-4-15-26-25;1-15(2,3)13-9-10-16-14(11-13)12-7-5-4-6-8-12;;;/h1-7,9-12,14-16H;4-7,9-11H,1-3H3;;;/q-3;-1;;;. The second-order valence-corrected chi connectivity index (χ2v) is 11.2. The van der Waals surface area contributed by atoms with Gasteiger partial charge in [0.1, 0.15) is 0 Å². The Balaban J connectivity index is 0.000000254. The van der Waals surface area contributed by atoms with E-state index < -0.39 is 0 Å². The maximum absolute atomic E-state index is 4.40. The van der Waals surface area contributed by atoms with Crippen molar-refractivity contribution < 1.29 is 52.8 Å². The molecule has 0 saturated heterocycles. The van der Waals surface area contributed by atoms with Gasteiger partial charge in [0.25, 0.3) is 0 Å². The molecule has 5 radical (unpaired) electrons. The molecule has 2 nitrogen and oxygen atoms in total. The number of hydrogen-bond acceptors (Lipinski definition) is 2. The van der Waals surface area contributed by atoms with Crippen LogP contribution in [0.25, 0.3) is 55.2 Å². The number of nitrogens with zero attached hydrogens (tertiary/aromatic N) is 2. The van der Waals surface area contributed by atoms with E-state index in [1.165, 1.54) is 27.1 Å². The van der Waals surface area contributed by atoms with Gasteiger partial charge in [0.05, 0.1) is 0 Å². The van der Waals surface area contributed by atoms with Gasteiger partial charge in [0, 0.05) is 73.6 Å². The number of rotatable bonds is 3. The van der Waals surface area contributed by atoms with E-state index in [4.69, 9.17) is 0 Å². The zero-order valence-electron chi connectivity index (χ0n) is 25.5. The molecule has 0 fully saturated rings. The van der Waals surface area contributed by atoms with Crippen molar-refractivity contribution >= 4 is 30.0 Å². The summed E-state index contributed by atoms with van der Waals surface area (Å²) in [4.78, 5) is 8.79. The predicted molar refractivity (Wildman–Crippen MR) is 180 cm³/mol. The summed E-state index contributed by atoms with van der Waals surface area (Å²) in [5.74, 6) is 0. The minimum atomic E-state index is 0. The topological polar surface area (TPSA) is 25.8 Å². The van der Waals surface area contributed by atoms with Crippen LogP contribution in [0.4, 0.5) is 0 Å². The third-order valence-electron chi connectivity index (χ3n) is 7.24. The van der Waals surface area contributed by atoms with Crippen molar-refractivity contribution in [3.8, 4) is 33.6 Å². The van der Waals surface area contributed by atoms with E-state index in [1.54, 1.807) is 6.20 Å². The number of fused-ring (bicyclic) bond motifs is 3. The van der Waals surface area contributed by atoms with Crippen LogP contribution in [-0.4, -0.2) is 18.4 Å². The first-order chi connectivity index (χ1) is 20.5. The predicted octanol–water partition coefficient (Wildman–Crippen LogP) is 9.58. The zero-order chi connectivity index (χ0) is 28.9. The summed E-state index contributed by atoms with van der Waals surface area (Å²) in [6.07, 6.45) is 3.66. The van der Waals surface area contributed by atoms with Gasteiger partial charge in [-0.15, -0.1) is 65.5 Å². The van der Waals surface area contributed by atoms with Gasteiger partial charge in [-0.05, 0) is 34.2 Å². The Morgan fingerprint density at radius 2 is 1.33 bits per heavy atom. The van der Waals surface area contributed by atoms with Crippen LogP contribution in [0.5, 0.6) is 0 Å². The van der Waals surface area contributed by atoms with E-state index in [1.807, 2.05) is 60.8 Å². The molecule has 45 heavy (non-hydrogen) atoms. The van der Waals surface area contributed by atoms with E-state index in [0.717, 1.165) is 33.6 Å². The van der Waals surface area contributed by atoms with Crippen molar-refractivity contribution in [1.29, 1.82) is 0 Å². The minimum Gasteiger partial charge on any atom is -0.352 e. The first-order valence-corrected chi connectivity index (χ1v) is 14.1. The fourth-order valence-electron chi connectivity index (χ4n) is 4.93. The van der Waals surface area contributed by atoms with Crippen LogP contribution < -0.4 is 0 Å². The van der Waals surface area contributed by atoms with Gasteiger partial charge < -0.3 is 16.0 Å². The molecule has 0 aliphatic carbocycles. The minimum absolute atomic E-state index is 0. The molecule has 5 heteroatoms. The van der Waals surface area contributed by atoms with Gasteiger partial charge >= 0.3 is 0 Å². The Hall–Kier alpha value is -3.26. The molecule has 0 spiro atoms. The first-order valence-electron chi connectivity index (χ1n) is 14.1. The molecule has 7 rings (SSSR count). The van der Waals surface area contributed by atoms with E-state index in [0.29, 0.717) is 0 Å². The fourth-order valence-corrected chi connectivity index (χ4v) is 4.93. The molecule has 0 unspecified atom stereocenters. The molecule has 0 amide bonds. The first kappa shape index (κ1) is 36.2.